The summed E-state index contributed by atoms with van der Waals surface area (Å²) in [6.45, 7) is 0. The molecule has 0 saturated heterocycles. The normalized spacial score (nSPS) is 12.1. The van der Waals surface area contributed by atoms with E-state index in [0.29, 0.717) is 16.5 Å². The monoisotopic (exact) mass is 394 g/mol. The van der Waals surface area contributed by atoms with E-state index in [1.54, 1.807) is 25.4 Å². The third-order valence-electron chi connectivity index (χ3n) is 4.67. The highest BCUT2D eigenvalue weighted by atomic mass is 35.5. The summed E-state index contributed by atoms with van der Waals surface area (Å²) in [5.41, 5.74) is 2.12. The number of benzene rings is 2. The van der Waals surface area contributed by atoms with Crippen molar-refractivity contribution in [2.75, 3.05) is 7.11 Å². The van der Waals surface area contributed by atoms with Crippen molar-refractivity contribution < 1.29 is 9.53 Å². The summed E-state index contributed by atoms with van der Waals surface area (Å²) in [4.78, 5) is 20.6. The number of nitrogens with one attached hydrogen (secondary N) is 2. The molecule has 1 amide bonds. The summed E-state index contributed by atoms with van der Waals surface area (Å²) in [7, 11) is 3.51. The molecule has 7 heteroatoms. The topological polar surface area (TPSA) is 71.9 Å². The lowest BCUT2D eigenvalue weighted by Gasteiger charge is -2.19. The first-order valence-electron chi connectivity index (χ1n) is 8.76. The third-order valence-corrected chi connectivity index (χ3v) is 5.00. The highest BCUT2D eigenvalue weighted by Gasteiger charge is 2.23. The van der Waals surface area contributed by atoms with Crippen LogP contribution in [0.3, 0.4) is 0 Å². The minimum absolute atomic E-state index is 0.247. The van der Waals surface area contributed by atoms with Crippen LogP contribution < -0.4 is 10.1 Å². The smallest absolute Gasteiger partial charge is 0.268 e. The first kappa shape index (κ1) is 18.1. The maximum Gasteiger partial charge on any atom is 0.268 e. The number of halogens is 1. The second-order valence-corrected chi connectivity index (χ2v) is 6.87. The minimum atomic E-state index is -0.440. The van der Waals surface area contributed by atoms with Crippen LogP contribution in [0.25, 0.3) is 10.9 Å². The lowest BCUT2D eigenvalue weighted by atomic mass is 10.1. The van der Waals surface area contributed by atoms with Gasteiger partial charge in [-0.2, -0.15) is 0 Å². The van der Waals surface area contributed by atoms with Crippen LogP contribution in [-0.4, -0.2) is 27.6 Å². The lowest BCUT2D eigenvalue weighted by molar-refractivity contribution is 0.0937. The Hall–Kier alpha value is -3.25. The SMILES string of the molecule is COc1cccc(C(NC(=O)c2cc3c(Cl)cccc3[nH]2)c2nccn2C)c1. The van der Waals surface area contributed by atoms with Gasteiger partial charge in [-0.15, -0.1) is 0 Å². The van der Waals surface area contributed by atoms with Crippen LogP contribution in [0.2, 0.25) is 5.02 Å². The molecular weight excluding hydrogens is 376 g/mol. The summed E-state index contributed by atoms with van der Waals surface area (Å²) in [5, 5.41) is 4.48. The molecule has 142 valence electrons. The molecule has 0 aliphatic carbocycles. The molecule has 0 aliphatic heterocycles. The Labute approximate surface area is 167 Å². The quantitative estimate of drug-likeness (QED) is 0.535. The van der Waals surface area contributed by atoms with Crippen molar-refractivity contribution in [1.29, 1.82) is 0 Å². The van der Waals surface area contributed by atoms with Crippen LogP contribution in [0.4, 0.5) is 0 Å². The molecule has 1 unspecified atom stereocenters. The number of H-pyrrole nitrogens is 1. The number of fused-ring (bicyclic) bond motifs is 1. The van der Waals surface area contributed by atoms with Gasteiger partial charge in [0, 0.05) is 35.4 Å². The van der Waals surface area contributed by atoms with Crippen LogP contribution in [0.15, 0.2) is 60.9 Å². The number of aryl methyl sites for hydroxylation is 1. The molecule has 0 bridgehead atoms. The van der Waals surface area contributed by atoms with Crippen molar-refractivity contribution in [3.63, 3.8) is 0 Å². The first-order valence-corrected chi connectivity index (χ1v) is 9.14. The van der Waals surface area contributed by atoms with E-state index in [4.69, 9.17) is 16.3 Å². The Kier molecular flexibility index (Phi) is 4.79. The van der Waals surface area contributed by atoms with E-state index in [-0.39, 0.29) is 5.91 Å². The van der Waals surface area contributed by atoms with Crippen molar-refractivity contribution in [3.8, 4) is 5.75 Å². The van der Waals surface area contributed by atoms with Crippen LogP contribution in [0, 0.1) is 0 Å². The molecule has 6 nitrogen and oxygen atoms in total. The Morgan fingerprint density at radius 2 is 2.07 bits per heavy atom. The molecule has 2 heterocycles. The van der Waals surface area contributed by atoms with Gasteiger partial charge in [-0.1, -0.05) is 29.8 Å². The zero-order valence-electron chi connectivity index (χ0n) is 15.4. The van der Waals surface area contributed by atoms with Crippen molar-refractivity contribution >= 4 is 28.4 Å². The van der Waals surface area contributed by atoms with E-state index < -0.39 is 6.04 Å². The van der Waals surface area contributed by atoms with Crippen molar-refractivity contribution in [2.45, 2.75) is 6.04 Å². The van der Waals surface area contributed by atoms with Crippen LogP contribution in [0.5, 0.6) is 5.75 Å². The standard InChI is InChI=1S/C21H19ClN4O2/c1-26-10-9-23-20(26)19(13-5-3-6-14(11-13)28-2)25-21(27)18-12-15-16(22)7-4-8-17(15)24-18/h3-12,19,24H,1-2H3,(H,25,27). The van der Waals surface area contributed by atoms with Gasteiger partial charge in [0.25, 0.3) is 5.91 Å². The number of nitrogens with zero attached hydrogens (tertiary/aromatic N) is 2. The zero-order chi connectivity index (χ0) is 19.7. The molecule has 2 aromatic carbocycles. The number of amides is 1. The molecule has 4 aromatic rings. The number of aromatic nitrogens is 3. The molecule has 4 rings (SSSR count). The van der Waals surface area contributed by atoms with Gasteiger partial charge in [-0.3, -0.25) is 4.79 Å². The molecule has 0 fully saturated rings. The second-order valence-electron chi connectivity index (χ2n) is 6.46. The van der Waals surface area contributed by atoms with E-state index in [0.717, 1.165) is 22.3 Å². The molecule has 28 heavy (non-hydrogen) atoms. The maximum atomic E-state index is 13.0. The molecule has 0 spiro atoms. The van der Waals surface area contributed by atoms with E-state index in [1.807, 2.05) is 54.2 Å². The van der Waals surface area contributed by atoms with Gasteiger partial charge >= 0.3 is 0 Å². The molecule has 0 saturated carbocycles. The Morgan fingerprint density at radius 3 is 2.79 bits per heavy atom. The third kappa shape index (κ3) is 3.34. The number of ether oxygens (including phenoxy) is 1. The van der Waals surface area contributed by atoms with Crippen LogP contribution in [0.1, 0.15) is 27.9 Å². The molecule has 2 aromatic heterocycles. The molecule has 1 atom stereocenters. The fourth-order valence-electron chi connectivity index (χ4n) is 3.22. The molecule has 2 N–H and O–H groups in total. The molecule has 0 aliphatic rings. The maximum absolute atomic E-state index is 13.0. The van der Waals surface area contributed by atoms with Crippen LogP contribution in [-0.2, 0) is 7.05 Å². The number of hydrogen-bond donors (Lipinski definition) is 2. The minimum Gasteiger partial charge on any atom is -0.497 e. The van der Waals surface area contributed by atoms with Crippen molar-refractivity contribution in [1.82, 2.24) is 19.9 Å². The molecule has 0 radical (unpaired) electrons. The average molecular weight is 395 g/mol. The summed E-state index contributed by atoms with van der Waals surface area (Å²) in [6, 6.07) is 14.4. The van der Waals surface area contributed by atoms with Gasteiger partial charge in [0.1, 0.15) is 23.3 Å². The van der Waals surface area contributed by atoms with Gasteiger partial charge < -0.3 is 19.6 Å². The number of rotatable bonds is 5. The van der Waals surface area contributed by atoms with E-state index in [9.17, 15) is 4.79 Å². The summed E-state index contributed by atoms with van der Waals surface area (Å²) in [5.74, 6) is 1.18. The lowest BCUT2D eigenvalue weighted by Crippen LogP contribution is -2.31. The first-order chi connectivity index (χ1) is 13.6. The predicted molar refractivity (Wildman–Crippen MR) is 109 cm³/mol. The Morgan fingerprint density at radius 1 is 1.25 bits per heavy atom. The molecular formula is C21H19ClN4O2. The van der Waals surface area contributed by atoms with Gasteiger partial charge in [-0.05, 0) is 35.9 Å². The van der Waals surface area contributed by atoms with Gasteiger partial charge in [0.05, 0.1) is 7.11 Å². The highest BCUT2D eigenvalue weighted by Crippen LogP contribution is 2.27. The number of carbonyl (C=O) groups is 1. The Bertz CT molecular complexity index is 1150. The summed E-state index contributed by atoms with van der Waals surface area (Å²) in [6.07, 6.45) is 3.55. The fourth-order valence-corrected chi connectivity index (χ4v) is 3.45. The van der Waals surface area contributed by atoms with Gasteiger partial charge in [0.15, 0.2) is 0 Å². The van der Waals surface area contributed by atoms with Crippen molar-refractivity contribution in [3.05, 3.63) is 83.0 Å². The average Bonchev–Trinajstić information content (AvgIpc) is 3.33. The Balaban J connectivity index is 1.71. The van der Waals surface area contributed by atoms with E-state index in [1.165, 1.54) is 0 Å². The predicted octanol–water partition coefficient (Wildman–Crippen LogP) is 4.08. The van der Waals surface area contributed by atoms with Crippen molar-refractivity contribution in [2.24, 2.45) is 7.05 Å². The fraction of sp³-hybridized carbons (Fsp3) is 0.143. The number of hydrogen-bond acceptors (Lipinski definition) is 3. The largest absolute Gasteiger partial charge is 0.497 e. The van der Waals surface area contributed by atoms with E-state index >= 15 is 0 Å². The number of imidazole rings is 1. The van der Waals surface area contributed by atoms with E-state index in [2.05, 4.69) is 15.3 Å². The highest BCUT2D eigenvalue weighted by molar-refractivity contribution is 6.35. The number of methoxy groups -OCH3 is 1. The van der Waals surface area contributed by atoms with Gasteiger partial charge in [0.2, 0.25) is 0 Å². The second kappa shape index (κ2) is 7.40. The van der Waals surface area contributed by atoms with Crippen LogP contribution >= 0.6 is 11.6 Å². The summed E-state index contributed by atoms with van der Waals surface area (Å²) >= 11 is 6.23. The number of carbonyl (C=O) groups excluding carboxylic acids is 1. The summed E-state index contributed by atoms with van der Waals surface area (Å²) < 4.78 is 7.22. The van der Waals surface area contributed by atoms with Gasteiger partial charge in [-0.25, -0.2) is 4.98 Å². The zero-order valence-corrected chi connectivity index (χ0v) is 16.2. The number of aromatic amines is 1.